The number of hydrogen-bond donors (Lipinski definition) is 0. The van der Waals surface area contributed by atoms with Crippen molar-refractivity contribution < 1.29 is 23.8 Å². The fourth-order valence-electron chi connectivity index (χ4n) is 1.91. The van der Waals surface area contributed by atoms with Crippen LogP contribution >= 0.6 is 0 Å². The van der Waals surface area contributed by atoms with Crippen molar-refractivity contribution in [3.63, 3.8) is 0 Å². The molecule has 2 saturated heterocycles. The molecular formula is C15H16O5. The molecular weight excluding hydrogens is 260 g/mol. The average Bonchev–Trinajstić information content (AvgIpc) is 3.36. The molecule has 2 atom stereocenters. The molecule has 2 heterocycles. The van der Waals surface area contributed by atoms with Crippen molar-refractivity contribution >= 4 is 11.8 Å². The summed E-state index contributed by atoms with van der Waals surface area (Å²) >= 11 is 0. The molecule has 5 nitrogen and oxygen atoms in total. The van der Waals surface area contributed by atoms with Crippen LogP contribution in [0.5, 0.6) is 0 Å². The third-order valence-electron chi connectivity index (χ3n) is 3.32. The Morgan fingerprint density at radius 1 is 1.15 bits per heavy atom. The summed E-state index contributed by atoms with van der Waals surface area (Å²) in [5, 5.41) is 0. The molecule has 2 aliphatic rings. The Morgan fingerprint density at radius 3 is 2.55 bits per heavy atom. The minimum absolute atomic E-state index is 0.0284. The van der Waals surface area contributed by atoms with Crippen LogP contribution in [0.3, 0.4) is 0 Å². The Hall–Kier alpha value is -1.72. The molecule has 0 bridgehead atoms. The Balaban J connectivity index is 1.58. The lowest BCUT2D eigenvalue weighted by Crippen LogP contribution is -2.11. The predicted molar refractivity (Wildman–Crippen MR) is 69.8 cm³/mol. The van der Waals surface area contributed by atoms with Crippen LogP contribution in [0.4, 0.5) is 0 Å². The number of benzene rings is 1. The number of rotatable bonds is 7. The number of carbonyl (C=O) groups excluding carboxylic acids is 2. The van der Waals surface area contributed by atoms with E-state index in [1.165, 1.54) is 0 Å². The van der Waals surface area contributed by atoms with Gasteiger partial charge < -0.3 is 14.2 Å². The van der Waals surface area contributed by atoms with Crippen LogP contribution in [-0.4, -0.2) is 43.8 Å². The molecule has 2 fully saturated rings. The third-order valence-corrected chi connectivity index (χ3v) is 3.32. The zero-order valence-electron chi connectivity index (χ0n) is 11.0. The summed E-state index contributed by atoms with van der Waals surface area (Å²) in [5.41, 5.74) is 0.946. The highest BCUT2D eigenvalue weighted by atomic mass is 16.6. The van der Waals surface area contributed by atoms with Gasteiger partial charge in [0.25, 0.3) is 0 Å². The monoisotopic (exact) mass is 276 g/mol. The zero-order valence-corrected chi connectivity index (χ0v) is 11.0. The first-order valence-corrected chi connectivity index (χ1v) is 6.76. The maximum atomic E-state index is 12.0. The molecule has 1 aromatic carbocycles. The second kappa shape index (κ2) is 5.73. The minimum Gasteiger partial charge on any atom is -0.459 e. The van der Waals surface area contributed by atoms with Crippen molar-refractivity contribution in [3.8, 4) is 0 Å². The number of Topliss-reactive ketones (excluding diaryl/α,β-unsaturated/α-hetero) is 1. The quantitative estimate of drug-likeness (QED) is 0.430. The van der Waals surface area contributed by atoms with Crippen LogP contribution < -0.4 is 0 Å². The zero-order chi connectivity index (χ0) is 13.9. The number of ether oxygens (including phenoxy) is 3. The van der Waals surface area contributed by atoms with E-state index in [0.717, 1.165) is 13.0 Å². The molecule has 0 radical (unpaired) electrons. The fraction of sp³-hybridized carbons (Fsp3) is 0.467. The second-order valence-corrected chi connectivity index (χ2v) is 5.05. The van der Waals surface area contributed by atoms with Crippen molar-refractivity contribution in [3.05, 3.63) is 35.4 Å². The molecule has 0 aromatic heterocycles. The number of epoxide rings is 2. The van der Waals surface area contributed by atoms with Crippen molar-refractivity contribution in [1.82, 2.24) is 0 Å². The van der Waals surface area contributed by atoms with E-state index in [2.05, 4.69) is 0 Å². The van der Waals surface area contributed by atoms with E-state index in [1.807, 2.05) is 0 Å². The van der Waals surface area contributed by atoms with E-state index in [-0.39, 0.29) is 24.6 Å². The Kier molecular flexibility index (Phi) is 3.80. The number of hydrogen-bond acceptors (Lipinski definition) is 5. The summed E-state index contributed by atoms with van der Waals surface area (Å²) < 4.78 is 15.2. The van der Waals surface area contributed by atoms with Gasteiger partial charge in [0.05, 0.1) is 24.9 Å². The largest absolute Gasteiger partial charge is 0.459 e. The first-order valence-electron chi connectivity index (χ1n) is 6.76. The normalized spacial score (nSPS) is 23.2. The van der Waals surface area contributed by atoms with E-state index in [9.17, 15) is 9.59 Å². The Bertz CT molecular complexity index is 474. The molecule has 3 rings (SSSR count). The van der Waals surface area contributed by atoms with Crippen molar-refractivity contribution in [2.45, 2.75) is 25.0 Å². The molecule has 2 unspecified atom stereocenters. The minimum atomic E-state index is -0.416. The molecule has 0 spiro atoms. The number of ketones is 1. The van der Waals surface area contributed by atoms with E-state index in [1.54, 1.807) is 24.3 Å². The average molecular weight is 276 g/mol. The second-order valence-electron chi connectivity index (χ2n) is 5.05. The fourth-order valence-corrected chi connectivity index (χ4v) is 1.91. The van der Waals surface area contributed by atoms with E-state index in [0.29, 0.717) is 24.2 Å². The maximum absolute atomic E-state index is 12.0. The van der Waals surface area contributed by atoms with Gasteiger partial charge in [0, 0.05) is 12.0 Å². The molecule has 0 saturated carbocycles. The van der Waals surface area contributed by atoms with Crippen LogP contribution in [-0.2, 0) is 14.2 Å². The highest BCUT2D eigenvalue weighted by Crippen LogP contribution is 2.18. The first kappa shape index (κ1) is 13.3. The highest BCUT2D eigenvalue weighted by molar-refractivity contribution is 5.99. The lowest BCUT2D eigenvalue weighted by molar-refractivity contribution is 0.0476. The van der Waals surface area contributed by atoms with Crippen molar-refractivity contribution in [1.29, 1.82) is 0 Å². The Labute approximate surface area is 116 Å². The summed E-state index contributed by atoms with van der Waals surface area (Å²) in [4.78, 5) is 23.8. The van der Waals surface area contributed by atoms with E-state index >= 15 is 0 Å². The van der Waals surface area contributed by atoms with Gasteiger partial charge in [0.15, 0.2) is 5.78 Å². The van der Waals surface area contributed by atoms with Gasteiger partial charge in [0.2, 0.25) is 0 Å². The predicted octanol–water partition coefficient (Wildman–Crippen LogP) is 1.60. The first-order chi connectivity index (χ1) is 9.72. The van der Waals surface area contributed by atoms with Crippen LogP contribution in [0.25, 0.3) is 0 Å². The lowest BCUT2D eigenvalue weighted by atomic mass is 10.0. The maximum Gasteiger partial charge on any atom is 0.338 e. The van der Waals surface area contributed by atoms with Crippen molar-refractivity contribution in [2.75, 3.05) is 19.8 Å². The van der Waals surface area contributed by atoms with Gasteiger partial charge >= 0.3 is 5.97 Å². The van der Waals surface area contributed by atoms with Crippen LogP contribution in [0, 0.1) is 0 Å². The van der Waals surface area contributed by atoms with Crippen molar-refractivity contribution in [2.24, 2.45) is 0 Å². The summed E-state index contributed by atoms with van der Waals surface area (Å²) in [7, 11) is 0. The summed E-state index contributed by atoms with van der Waals surface area (Å²) in [6, 6.07) is 6.66. The Morgan fingerprint density at radius 2 is 1.85 bits per heavy atom. The van der Waals surface area contributed by atoms with Crippen LogP contribution in [0.15, 0.2) is 24.3 Å². The van der Waals surface area contributed by atoms with E-state index in [4.69, 9.17) is 14.2 Å². The number of carbonyl (C=O) groups is 2. The van der Waals surface area contributed by atoms with Gasteiger partial charge in [-0.25, -0.2) is 4.79 Å². The molecule has 0 N–H and O–H groups in total. The summed E-state index contributed by atoms with van der Waals surface area (Å²) in [6.07, 6.45) is 1.47. The SMILES string of the molecule is O=C(CCC1CO1)c1cccc(C(=O)OCC2CO2)c1. The van der Waals surface area contributed by atoms with Crippen LogP contribution in [0.2, 0.25) is 0 Å². The lowest BCUT2D eigenvalue weighted by Gasteiger charge is -2.05. The molecule has 5 heteroatoms. The van der Waals surface area contributed by atoms with Gasteiger partial charge in [-0.3, -0.25) is 4.79 Å². The molecule has 0 amide bonds. The van der Waals surface area contributed by atoms with Gasteiger partial charge in [-0.2, -0.15) is 0 Å². The van der Waals surface area contributed by atoms with Gasteiger partial charge in [-0.15, -0.1) is 0 Å². The molecule has 20 heavy (non-hydrogen) atoms. The third kappa shape index (κ3) is 3.65. The smallest absolute Gasteiger partial charge is 0.338 e. The molecule has 0 aliphatic carbocycles. The summed E-state index contributed by atoms with van der Waals surface area (Å²) in [5.74, 6) is -0.388. The highest BCUT2D eigenvalue weighted by Gasteiger charge is 2.25. The molecule has 1 aromatic rings. The molecule has 2 aliphatic heterocycles. The molecule has 106 valence electrons. The topological polar surface area (TPSA) is 68.4 Å². The number of esters is 1. The standard InChI is InChI=1S/C15H16O5/c16-14(5-4-12-7-18-12)10-2-1-3-11(6-10)15(17)20-9-13-8-19-13/h1-3,6,12-13H,4-5,7-9H2. The van der Waals surface area contributed by atoms with E-state index < -0.39 is 5.97 Å². The van der Waals surface area contributed by atoms with Crippen LogP contribution in [0.1, 0.15) is 33.6 Å². The van der Waals surface area contributed by atoms with Gasteiger partial charge in [0.1, 0.15) is 12.7 Å². The van der Waals surface area contributed by atoms with Gasteiger partial charge in [-0.05, 0) is 18.6 Å². The summed E-state index contributed by atoms with van der Waals surface area (Å²) in [6.45, 7) is 1.67. The van der Waals surface area contributed by atoms with Gasteiger partial charge in [-0.1, -0.05) is 12.1 Å².